The van der Waals surface area contributed by atoms with Crippen molar-refractivity contribution in [2.45, 2.75) is 13.8 Å². The summed E-state index contributed by atoms with van der Waals surface area (Å²) in [6, 6.07) is 15.8. The second kappa shape index (κ2) is 10.3. The van der Waals surface area contributed by atoms with Crippen molar-refractivity contribution in [2.24, 2.45) is 0 Å². The van der Waals surface area contributed by atoms with Gasteiger partial charge in [-0.25, -0.2) is 9.59 Å². The first-order valence-electron chi connectivity index (χ1n) is 10.2. The Balaban J connectivity index is 1.63. The maximum atomic E-state index is 12.4. The molecular formula is C24H25N3O5. The van der Waals surface area contributed by atoms with E-state index in [1.165, 1.54) is 0 Å². The topological polar surface area (TPSA) is 101 Å². The number of hydrogen-bond acceptors (Lipinski definition) is 6. The van der Waals surface area contributed by atoms with Crippen LogP contribution >= 0.6 is 0 Å². The molecule has 2 amide bonds. The first-order valence-corrected chi connectivity index (χ1v) is 10.2. The van der Waals surface area contributed by atoms with Gasteiger partial charge in [0.2, 0.25) is 0 Å². The van der Waals surface area contributed by atoms with Crippen molar-refractivity contribution in [2.75, 3.05) is 35.2 Å². The molecule has 0 saturated heterocycles. The Morgan fingerprint density at radius 2 is 1.75 bits per heavy atom. The Bertz CT molecular complexity index is 1180. The number of nitrogens with one attached hydrogen (secondary N) is 2. The molecular weight excluding hydrogens is 410 g/mol. The Kier molecular flexibility index (Phi) is 7.28. The van der Waals surface area contributed by atoms with Crippen LogP contribution in [-0.2, 0) is 9.53 Å². The van der Waals surface area contributed by atoms with Gasteiger partial charge in [0.05, 0.1) is 0 Å². The molecule has 0 aliphatic heterocycles. The van der Waals surface area contributed by atoms with Crippen LogP contribution in [0.15, 0.2) is 76.0 Å². The predicted molar refractivity (Wildman–Crippen MR) is 125 cm³/mol. The summed E-state index contributed by atoms with van der Waals surface area (Å²) < 4.78 is 10.4. The lowest BCUT2D eigenvalue weighted by Crippen LogP contribution is -2.23. The van der Waals surface area contributed by atoms with E-state index in [2.05, 4.69) is 22.1 Å². The highest BCUT2D eigenvalue weighted by Gasteiger charge is 2.14. The normalized spacial score (nSPS) is 10.4. The molecule has 3 rings (SSSR count). The number of fused-ring (bicyclic) bond motifs is 1. The van der Waals surface area contributed by atoms with Crippen molar-refractivity contribution in [3.63, 3.8) is 0 Å². The molecule has 2 aromatic carbocycles. The molecule has 1 heterocycles. The summed E-state index contributed by atoms with van der Waals surface area (Å²) >= 11 is 0. The molecule has 0 radical (unpaired) electrons. The zero-order chi connectivity index (χ0) is 23.1. The molecule has 32 heavy (non-hydrogen) atoms. The van der Waals surface area contributed by atoms with Gasteiger partial charge in [0.15, 0.2) is 0 Å². The van der Waals surface area contributed by atoms with E-state index in [4.69, 9.17) is 9.15 Å². The van der Waals surface area contributed by atoms with Gasteiger partial charge in [-0.2, -0.15) is 0 Å². The lowest BCUT2D eigenvalue weighted by Gasteiger charge is -2.21. The van der Waals surface area contributed by atoms with Crippen molar-refractivity contribution < 1.29 is 18.7 Å². The molecule has 0 spiro atoms. The smallest absolute Gasteiger partial charge is 0.411 e. The molecule has 2 N–H and O–H groups in total. The maximum Gasteiger partial charge on any atom is 0.411 e. The minimum absolute atomic E-state index is 0.0204. The van der Waals surface area contributed by atoms with Crippen LogP contribution in [0, 0.1) is 0 Å². The van der Waals surface area contributed by atoms with Gasteiger partial charge < -0.3 is 19.4 Å². The molecule has 8 heteroatoms. The number of carbonyl (C=O) groups excluding carboxylic acids is 2. The minimum Gasteiger partial charge on any atom is -0.444 e. The van der Waals surface area contributed by atoms with E-state index >= 15 is 0 Å². The third kappa shape index (κ3) is 5.54. The summed E-state index contributed by atoms with van der Waals surface area (Å²) in [6.45, 7) is 9.03. The third-order valence-corrected chi connectivity index (χ3v) is 4.82. The summed E-state index contributed by atoms with van der Waals surface area (Å²) in [6.07, 6.45) is -0.723. The average Bonchev–Trinajstić information content (AvgIpc) is 2.79. The molecule has 8 nitrogen and oxygen atoms in total. The van der Waals surface area contributed by atoms with Crippen LogP contribution in [0.3, 0.4) is 0 Å². The number of benzene rings is 2. The SMILES string of the molecule is C=C(COC(=O)Nc1ccccc1)C(=O)Nc1cc2ccc(N(CC)CC)cc2oc1=O. The Hall–Kier alpha value is -4.07. The van der Waals surface area contributed by atoms with Crippen molar-refractivity contribution >= 4 is 40.0 Å². The van der Waals surface area contributed by atoms with Crippen molar-refractivity contribution in [1.29, 1.82) is 0 Å². The quantitative estimate of drug-likeness (QED) is 0.402. The van der Waals surface area contributed by atoms with Crippen molar-refractivity contribution in [3.05, 3.63) is 77.2 Å². The van der Waals surface area contributed by atoms with E-state index in [9.17, 15) is 14.4 Å². The van der Waals surface area contributed by atoms with Gasteiger partial charge >= 0.3 is 11.7 Å². The number of rotatable bonds is 8. The highest BCUT2D eigenvalue weighted by molar-refractivity contribution is 6.04. The largest absolute Gasteiger partial charge is 0.444 e. The van der Waals surface area contributed by atoms with Crippen LogP contribution in [0.2, 0.25) is 0 Å². The van der Waals surface area contributed by atoms with Crippen molar-refractivity contribution in [1.82, 2.24) is 0 Å². The third-order valence-electron chi connectivity index (χ3n) is 4.82. The fourth-order valence-corrected chi connectivity index (χ4v) is 3.08. The second-order valence-corrected chi connectivity index (χ2v) is 6.97. The molecule has 166 valence electrons. The van der Waals surface area contributed by atoms with Gasteiger partial charge in [0, 0.05) is 41.5 Å². The van der Waals surface area contributed by atoms with Crippen LogP contribution in [0.1, 0.15) is 13.8 Å². The summed E-state index contributed by atoms with van der Waals surface area (Å²) in [4.78, 5) is 38.7. The summed E-state index contributed by atoms with van der Waals surface area (Å²) in [5.74, 6) is -0.649. The van der Waals surface area contributed by atoms with E-state index in [0.29, 0.717) is 16.7 Å². The molecule has 0 aliphatic carbocycles. The number of amides is 2. The zero-order valence-corrected chi connectivity index (χ0v) is 18.0. The Morgan fingerprint density at radius 3 is 2.44 bits per heavy atom. The van der Waals surface area contributed by atoms with E-state index in [-0.39, 0.29) is 17.9 Å². The van der Waals surface area contributed by atoms with Crippen molar-refractivity contribution in [3.8, 4) is 0 Å². The lowest BCUT2D eigenvalue weighted by molar-refractivity contribution is -0.113. The zero-order valence-electron chi connectivity index (χ0n) is 18.0. The summed E-state index contributed by atoms with van der Waals surface area (Å²) in [7, 11) is 0. The molecule has 3 aromatic rings. The first-order chi connectivity index (χ1) is 15.4. The number of hydrogen-bond donors (Lipinski definition) is 2. The van der Waals surface area contributed by atoms with E-state index in [1.807, 2.05) is 32.0 Å². The number of ether oxygens (including phenoxy) is 1. The van der Waals surface area contributed by atoms with Gasteiger partial charge in [-0.15, -0.1) is 0 Å². The van der Waals surface area contributed by atoms with Gasteiger partial charge in [0.25, 0.3) is 5.91 Å². The molecule has 0 unspecified atom stereocenters. The first kappa shape index (κ1) is 22.6. The molecule has 0 aliphatic rings. The minimum atomic E-state index is -0.723. The van der Waals surface area contributed by atoms with Crippen LogP contribution in [0.5, 0.6) is 0 Å². The van der Waals surface area contributed by atoms with E-state index in [1.54, 1.807) is 36.4 Å². The van der Waals surface area contributed by atoms with Gasteiger partial charge in [-0.3, -0.25) is 10.1 Å². The van der Waals surface area contributed by atoms with Gasteiger partial charge in [-0.1, -0.05) is 24.8 Å². The molecule has 0 bridgehead atoms. The Morgan fingerprint density at radius 1 is 1.03 bits per heavy atom. The summed E-state index contributed by atoms with van der Waals surface area (Å²) in [5, 5.41) is 5.67. The average molecular weight is 435 g/mol. The van der Waals surface area contributed by atoms with E-state index in [0.717, 1.165) is 18.8 Å². The number of anilines is 3. The monoisotopic (exact) mass is 435 g/mol. The van der Waals surface area contributed by atoms with Crippen LogP contribution in [0.25, 0.3) is 11.0 Å². The highest BCUT2D eigenvalue weighted by Crippen LogP contribution is 2.23. The molecule has 0 atom stereocenters. The van der Waals surface area contributed by atoms with Crippen LogP contribution in [0.4, 0.5) is 21.9 Å². The standard InChI is InChI=1S/C24H25N3O5/c1-4-27(5-2)19-12-11-17-13-20(23(29)32-21(17)14-19)26-22(28)16(3)15-31-24(30)25-18-9-7-6-8-10-18/h6-14H,3-5,15H2,1-2H3,(H,25,30)(H,26,28). The fourth-order valence-electron chi connectivity index (χ4n) is 3.08. The maximum absolute atomic E-state index is 12.4. The number of para-hydroxylation sites is 1. The second-order valence-electron chi connectivity index (χ2n) is 6.97. The molecule has 1 aromatic heterocycles. The van der Waals surface area contributed by atoms with Crippen LogP contribution < -0.4 is 21.2 Å². The molecule has 0 saturated carbocycles. The van der Waals surface area contributed by atoms with E-state index < -0.39 is 17.6 Å². The van der Waals surface area contributed by atoms with Crippen LogP contribution in [-0.4, -0.2) is 31.7 Å². The predicted octanol–water partition coefficient (Wildman–Crippen LogP) is 4.38. The molecule has 0 fully saturated rings. The summed E-state index contributed by atoms with van der Waals surface area (Å²) in [5.41, 5.74) is 1.21. The number of nitrogens with zero attached hydrogens (tertiary/aromatic N) is 1. The van der Waals surface area contributed by atoms with Gasteiger partial charge in [0.1, 0.15) is 17.9 Å². The number of carbonyl (C=O) groups is 2. The Labute approximate surface area is 185 Å². The van der Waals surface area contributed by atoms with Gasteiger partial charge in [-0.05, 0) is 44.2 Å². The lowest BCUT2D eigenvalue weighted by atomic mass is 10.2. The highest BCUT2D eigenvalue weighted by atomic mass is 16.5. The fraction of sp³-hybridized carbons (Fsp3) is 0.208.